The summed E-state index contributed by atoms with van der Waals surface area (Å²) in [7, 11) is 0. The lowest BCUT2D eigenvalue weighted by Gasteiger charge is -2.39. The van der Waals surface area contributed by atoms with E-state index in [2.05, 4.69) is 10.1 Å². The second-order valence-electron chi connectivity index (χ2n) is 3.57. The van der Waals surface area contributed by atoms with Gasteiger partial charge in [-0.15, -0.1) is 0 Å². The average molecular weight is 177 g/mol. The Hall–Kier alpha value is -0.220. The molecule has 70 valence electrons. The summed E-state index contributed by atoms with van der Waals surface area (Å²) in [5, 5.41) is 2.84. The van der Waals surface area contributed by atoms with Crippen molar-refractivity contribution in [3.05, 3.63) is 0 Å². The number of rotatable bonds is 0. The van der Waals surface area contributed by atoms with Crippen molar-refractivity contribution >= 4 is 0 Å². The van der Waals surface area contributed by atoms with Crippen LogP contribution in [-0.2, 0) is 4.74 Å². The molecular formula is C8H13F2NO. The third-order valence-electron chi connectivity index (χ3n) is 2.60. The van der Waals surface area contributed by atoms with Crippen LogP contribution >= 0.6 is 0 Å². The van der Waals surface area contributed by atoms with Gasteiger partial charge in [-0.3, -0.25) is 0 Å². The smallest absolute Gasteiger partial charge is 0.314 e. The van der Waals surface area contributed by atoms with E-state index in [-0.39, 0.29) is 18.7 Å². The Kier molecular flexibility index (Phi) is 2.04. The third kappa shape index (κ3) is 1.59. The second-order valence-corrected chi connectivity index (χ2v) is 3.57. The van der Waals surface area contributed by atoms with E-state index in [0.29, 0.717) is 0 Å². The molecule has 2 nitrogen and oxygen atoms in total. The number of halogens is 2. The Morgan fingerprint density at radius 2 is 2.00 bits per heavy atom. The first-order valence-corrected chi connectivity index (χ1v) is 4.46. The van der Waals surface area contributed by atoms with E-state index >= 15 is 0 Å². The van der Waals surface area contributed by atoms with E-state index in [4.69, 9.17) is 0 Å². The van der Waals surface area contributed by atoms with Crippen LogP contribution in [0.25, 0.3) is 0 Å². The van der Waals surface area contributed by atoms with Gasteiger partial charge < -0.3 is 10.1 Å². The van der Waals surface area contributed by atoms with Crippen LogP contribution in [0.3, 0.4) is 0 Å². The summed E-state index contributed by atoms with van der Waals surface area (Å²) < 4.78 is 30.1. The fourth-order valence-electron chi connectivity index (χ4n) is 1.98. The lowest BCUT2D eigenvalue weighted by Crippen LogP contribution is -2.56. The Labute approximate surface area is 70.3 Å². The molecule has 2 fully saturated rings. The summed E-state index contributed by atoms with van der Waals surface area (Å²) in [5.74, 6) is 0. The molecule has 0 aromatic carbocycles. The highest BCUT2D eigenvalue weighted by atomic mass is 19.3. The van der Waals surface area contributed by atoms with Crippen molar-refractivity contribution in [1.29, 1.82) is 0 Å². The largest absolute Gasteiger partial charge is 0.368 e. The van der Waals surface area contributed by atoms with E-state index in [1.54, 1.807) is 0 Å². The van der Waals surface area contributed by atoms with Crippen LogP contribution in [0.4, 0.5) is 8.78 Å². The van der Waals surface area contributed by atoms with Crippen LogP contribution in [0.15, 0.2) is 0 Å². The average Bonchev–Trinajstić information content (AvgIpc) is 2.02. The molecule has 0 unspecified atom stereocenters. The molecule has 4 heteroatoms. The van der Waals surface area contributed by atoms with Crippen molar-refractivity contribution in [3.8, 4) is 0 Å². The maximum Gasteiger partial charge on any atom is 0.368 e. The van der Waals surface area contributed by atoms with Gasteiger partial charge in [0.2, 0.25) is 0 Å². The van der Waals surface area contributed by atoms with Crippen molar-refractivity contribution in [2.45, 2.75) is 43.9 Å². The van der Waals surface area contributed by atoms with Crippen LogP contribution in [-0.4, -0.2) is 24.8 Å². The van der Waals surface area contributed by atoms with Gasteiger partial charge in [-0.2, -0.15) is 8.78 Å². The predicted molar refractivity (Wildman–Crippen MR) is 40.1 cm³/mol. The van der Waals surface area contributed by atoms with Gasteiger partial charge in [-0.1, -0.05) is 12.8 Å². The van der Waals surface area contributed by atoms with Gasteiger partial charge in [-0.05, 0) is 12.8 Å². The van der Waals surface area contributed by atoms with Crippen molar-refractivity contribution in [3.63, 3.8) is 0 Å². The fraction of sp³-hybridized carbons (Fsp3) is 1.00. The minimum Gasteiger partial charge on any atom is -0.314 e. The molecule has 2 aliphatic rings. The van der Waals surface area contributed by atoms with Gasteiger partial charge in [0.25, 0.3) is 0 Å². The van der Waals surface area contributed by atoms with E-state index in [1.807, 2.05) is 0 Å². The molecule has 1 N–H and O–H groups in total. The van der Waals surface area contributed by atoms with Crippen LogP contribution in [0.1, 0.15) is 25.7 Å². The number of hydrogen-bond acceptors (Lipinski definition) is 2. The Morgan fingerprint density at radius 1 is 1.25 bits per heavy atom. The molecule has 12 heavy (non-hydrogen) atoms. The number of morpholine rings is 1. The lowest BCUT2D eigenvalue weighted by atomic mass is 9.91. The van der Waals surface area contributed by atoms with E-state index in [0.717, 1.165) is 25.7 Å². The van der Waals surface area contributed by atoms with Crippen molar-refractivity contribution in [1.82, 2.24) is 5.32 Å². The summed E-state index contributed by atoms with van der Waals surface area (Å²) in [6.07, 6.45) is 0.677. The van der Waals surface area contributed by atoms with Gasteiger partial charge in [0, 0.05) is 6.04 Å². The quantitative estimate of drug-likeness (QED) is 0.605. The fourth-order valence-corrected chi connectivity index (χ4v) is 1.98. The van der Waals surface area contributed by atoms with Crippen molar-refractivity contribution in [2.75, 3.05) is 6.54 Å². The van der Waals surface area contributed by atoms with Crippen LogP contribution in [0, 0.1) is 0 Å². The molecule has 1 saturated heterocycles. The van der Waals surface area contributed by atoms with E-state index < -0.39 is 6.11 Å². The molecule has 0 radical (unpaired) electrons. The lowest BCUT2D eigenvalue weighted by molar-refractivity contribution is -0.287. The summed E-state index contributed by atoms with van der Waals surface area (Å²) in [5.41, 5.74) is 0. The normalized spacial score (nSPS) is 40.5. The maximum atomic E-state index is 12.7. The standard InChI is InChI=1S/C8H13F2NO/c9-8(10)5-11-6-3-1-2-4-7(6)12-8/h6-7,11H,1-5H2/t6-,7-/m0/s1. The van der Waals surface area contributed by atoms with Crippen LogP contribution < -0.4 is 5.32 Å². The van der Waals surface area contributed by atoms with Crippen LogP contribution in [0.5, 0.6) is 0 Å². The van der Waals surface area contributed by atoms with Crippen LogP contribution in [0.2, 0.25) is 0 Å². The SMILES string of the molecule is FC1(F)CN[C@H]2CCCC[C@@H]2O1. The molecule has 1 saturated carbocycles. The molecule has 0 aromatic rings. The highest BCUT2D eigenvalue weighted by Gasteiger charge is 2.42. The zero-order valence-corrected chi connectivity index (χ0v) is 6.85. The number of ether oxygens (including phenoxy) is 1. The molecule has 1 aliphatic heterocycles. The number of nitrogens with one attached hydrogen (secondary N) is 1. The molecule has 1 aliphatic carbocycles. The maximum absolute atomic E-state index is 12.7. The summed E-state index contributed by atoms with van der Waals surface area (Å²) in [4.78, 5) is 0. The Balaban J connectivity index is 1.99. The predicted octanol–water partition coefficient (Wildman–Crippen LogP) is 1.51. The number of hydrogen-bond donors (Lipinski definition) is 1. The van der Waals surface area contributed by atoms with Gasteiger partial charge >= 0.3 is 6.11 Å². The second kappa shape index (κ2) is 2.92. The molecule has 0 spiro atoms. The number of alkyl halides is 2. The molecule has 2 rings (SSSR count). The first-order valence-electron chi connectivity index (χ1n) is 4.46. The molecule has 2 atom stereocenters. The summed E-state index contributed by atoms with van der Waals surface area (Å²) >= 11 is 0. The summed E-state index contributed by atoms with van der Waals surface area (Å²) in [6.45, 7) is -0.325. The molecule has 1 heterocycles. The zero-order valence-electron chi connectivity index (χ0n) is 6.85. The minimum atomic E-state index is -2.95. The highest BCUT2D eigenvalue weighted by molar-refractivity contribution is 4.87. The Morgan fingerprint density at radius 3 is 2.83 bits per heavy atom. The van der Waals surface area contributed by atoms with E-state index in [9.17, 15) is 8.78 Å². The first-order chi connectivity index (χ1) is 5.67. The monoisotopic (exact) mass is 177 g/mol. The molecule has 0 aromatic heterocycles. The molecule has 0 amide bonds. The first kappa shape index (κ1) is 8.38. The van der Waals surface area contributed by atoms with Gasteiger partial charge in [0.1, 0.15) is 0 Å². The van der Waals surface area contributed by atoms with E-state index in [1.165, 1.54) is 0 Å². The van der Waals surface area contributed by atoms with Gasteiger partial charge in [-0.25, -0.2) is 0 Å². The van der Waals surface area contributed by atoms with Gasteiger partial charge in [0.15, 0.2) is 0 Å². The Bertz CT molecular complexity index is 174. The number of fused-ring (bicyclic) bond motifs is 1. The minimum absolute atomic E-state index is 0.165. The molecular weight excluding hydrogens is 164 g/mol. The van der Waals surface area contributed by atoms with Crippen molar-refractivity contribution in [2.24, 2.45) is 0 Å². The summed E-state index contributed by atoms with van der Waals surface area (Å²) in [6, 6.07) is 0.165. The molecule has 0 bridgehead atoms. The highest BCUT2D eigenvalue weighted by Crippen LogP contribution is 2.30. The van der Waals surface area contributed by atoms with Crippen molar-refractivity contribution < 1.29 is 13.5 Å². The third-order valence-corrected chi connectivity index (χ3v) is 2.60. The van der Waals surface area contributed by atoms with Gasteiger partial charge in [0.05, 0.1) is 12.6 Å². The zero-order chi connectivity index (χ0) is 8.60. The topological polar surface area (TPSA) is 21.3 Å².